The van der Waals surface area contributed by atoms with Gasteiger partial charge in [-0.15, -0.1) is 16.4 Å². The molecule has 0 aliphatic rings. The zero-order chi connectivity index (χ0) is 14.5. The lowest BCUT2D eigenvalue weighted by Crippen LogP contribution is -2.30. The molecule has 2 aromatic heterocycles. The molecule has 0 spiro atoms. The predicted octanol–water partition coefficient (Wildman–Crippen LogP) is 2.79. The summed E-state index contributed by atoms with van der Waals surface area (Å²) in [6.45, 7) is 6.53. The number of nitrogens with one attached hydrogen (secondary N) is 2. The van der Waals surface area contributed by atoms with Crippen molar-refractivity contribution in [1.29, 1.82) is 0 Å². The van der Waals surface area contributed by atoms with E-state index < -0.39 is 0 Å². The van der Waals surface area contributed by atoms with Crippen LogP contribution in [-0.2, 0) is 11.3 Å². The number of thioether (sulfide) groups is 1. The SMILES string of the molecule is CC(C)c1nc(S[C@@H](C)C(=O)NCc2cccs2)n[nH]1. The van der Waals surface area contributed by atoms with E-state index in [2.05, 4.69) is 20.5 Å². The van der Waals surface area contributed by atoms with Gasteiger partial charge in [0, 0.05) is 10.8 Å². The van der Waals surface area contributed by atoms with Gasteiger partial charge in [-0.1, -0.05) is 31.7 Å². The van der Waals surface area contributed by atoms with E-state index in [-0.39, 0.29) is 11.2 Å². The van der Waals surface area contributed by atoms with Gasteiger partial charge in [-0.3, -0.25) is 9.89 Å². The molecule has 2 rings (SSSR count). The lowest BCUT2D eigenvalue weighted by Gasteiger charge is -2.09. The van der Waals surface area contributed by atoms with Crippen molar-refractivity contribution in [2.45, 2.75) is 43.6 Å². The van der Waals surface area contributed by atoms with E-state index in [0.717, 1.165) is 10.7 Å². The fourth-order valence-electron chi connectivity index (χ4n) is 1.51. The number of thiophene rings is 1. The van der Waals surface area contributed by atoms with Gasteiger partial charge in [0.15, 0.2) is 0 Å². The average molecular weight is 310 g/mol. The highest BCUT2D eigenvalue weighted by atomic mass is 32.2. The van der Waals surface area contributed by atoms with Crippen LogP contribution >= 0.6 is 23.1 Å². The number of carbonyl (C=O) groups is 1. The normalized spacial score (nSPS) is 12.6. The molecule has 5 nitrogen and oxygen atoms in total. The summed E-state index contributed by atoms with van der Waals surface area (Å²) in [4.78, 5) is 17.5. The second kappa shape index (κ2) is 6.90. The summed E-state index contributed by atoms with van der Waals surface area (Å²) in [7, 11) is 0. The zero-order valence-corrected chi connectivity index (χ0v) is 13.3. The molecule has 7 heteroatoms. The molecule has 2 aromatic rings. The molecule has 0 aromatic carbocycles. The summed E-state index contributed by atoms with van der Waals surface area (Å²) in [5, 5.41) is 12.3. The molecule has 0 aliphatic carbocycles. The number of amides is 1. The van der Waals surface area contributed by atoms with E-state index in [1.165, 1.54) is 11.8 Å². The van der Waals surface area contributed by atoms with Crippen molar-refractivity contribution >= 4 is 29.0 Å². The Morgan fingerprint density at radius 3 is 2.90 bits per heavy atom. The Morgan fingerprint density at radius 2 is 2.30 bits per heavy atom. The van der Waals surface area contributed by atoms with Crippen LogP contribution in [0.2, 0.25) is 0 Å². The summed E-state index contributed by atoms with van der Waals surface area (Å²) < 4.78 is 0. The van der Waals surface area contributed by atoms with Crippen LogP contribution < -0.4 is 5.32 Å². The molecule has 0 fully saturated rings. The van der Waals surface area contributed by atoms with Gasteiger partial charge >= 0.3 is 0 Å². The largest absolute Gasteiger partial charge is 0.350 e. The fourth-order valence-corrected chi connectivity index (χ4v) is 2.91. The highest BCUT2D eigenvalue weighted by Gasteiger charge is 2.17. The predicted molar refractivity (Wildman–Crippen MR) is 82.0 cm³/mol. The second-order valence-electron chi connectivity index (χ2n) is 4.72. The molecule has 108 valence electrons. The summed E-state index contributed by atoms with van der Waals surface area (Å²) >= 11 is 3.00. The quantitative estimate of drug-likeness (QED) is 0.805. The van der Waals surface area contributed by atoms with E-state index in [1.54, 1.807) is 11.3 Å². The summed E-state index contributed by atoms with van der Waals surface area (Å²) in [5.74, 6) is 1.15. The number of rotatable bonds is 6. The number of hydrogen-bond donors (Lipinski definition) is 2. The molecule has 1 amide bonds. The van der Waals surface area contributed by atoms with Crippen molar-refractivity contribution < 1.29 is 4.79 Å². The molecule has 0 radical (unpaired) electrons. The Bertz CT molecular complexity index is 550. The number of nitrogens with zero attached hydrogens (tertiary/aromatic N) is 2. The van der Waals surface area contributed by atoms with Gasteiger partial charge in [-0.05, 0) is 18.4 Å². The van der Waals surface area contributed by atoms with E-state index in [1.807, 2.05) is 38.3 Å². The summed E-state index contributed by atoms with van der Waals surface area (Å²) in [6, 6.07) is 3.98. The molecular formula is C13H18N4OS2. The molecular weight excluding hydrogens is 292 g/mol. The van der Waals surface area contributed by atoms with Crippen LogP contribution in [0.1, 0.15) is 37.4 Å². The van der Waals surface area contributed by atoms with Crippen molar-refractivity contribution in [3.8, 4) is 0 Å². The van der Waals surface area contributed by atoms with Gasteiger partial charge in [0.2, 0.25) is 11.1 Å². The van der Waals surface area contributed by atoms with E-state index >= 15 is 0 Å². The molecule has 0 saturated carbocycles. The molecule has 2 N–H and O–H groups in total. The maximum Gasteiger partial charge on any atom is 0.233 e. The second-order valence-corrected chi connectivity index (χ2v) is 7.06. The maximum atomic E-state index is 12.0. The van der Waals surface area contributed by atoms with E-state index in [9.17, 15) is 4.79 Å². The lowest BCUT2D eigenvalue weighted by atomic mass is 10.2. The summed E-state index contributed by atoms with van der Waals surface area (Å²) in [6.07, 6.45) is 0. The number of H-pyrrole nitrogens is 1. The van der Waals surface area contributed by atoms with Gasteiger partial charge in [-0.2, -0.15) is 0 Å². The van der Waals surface area contributed by atoms with Crippen molar-refractivity contribution in [1.82, 2.24) is 20.5 Å². The Hall–Kier alpha value is -1.34. The van der Waals surface area contributed by atoms with Crippen LogP contribution in [0.15, 0.2) is 22.7 Å². The first-order valence-electron chi connectivity index (χ1n) is 6.45. The van der Waals surface area contributed by atoms with Crippen molar-refractivity contribution in [2.24, 2.45) is 0 Å². The third-order valence-corrected chi connectivity index (χ3v) is 4.53. The van der Waals surface area contributed by atoms with Crippen molar-refractivity contribution in [3.05, 3.63) is 28.2 Å². The van der Waals surface area contributed by atoms with Crippen LogP contribution in [0.3, 0.4) is 0 Å². The van der Waals surface area contributed by atoms with Gasteiger partial charge in [0.05, 0.1) is 11.8 Å². The number of hydrogen-bond acceptors (Lipinski definition) is 5. The van der Waals surface area contributed by atoms with Crippen LogP contribution in [0.4, 0.5) is 0 Å². The van der Waals surface area contributed by atoms with Crippen molar-refractivity contribution in [2.75, 3.05) is 0 Å². The standard InChI is InChI=1S/C13H18N4OS2/c1-8(2)11-15-13(17-16-11)20-9(3)12(18)14-7-10-5-4-6-19-10/h4-6,8-9H,7H2,1-3H3,(H,14,18)(H,15,16,17)/t9-/m0/s1. The van der Waals surface area contributed by atoms with Crippen LogP contribution in [-0.4, -0.2) is 26.3 Å². The Balaban J connectivity index is 1.83. The van der Waals surface area contributed by atoms with Gasteiger partial charge in [0.25, 0.3) is 0 Å². The van der Waals surface area contributed by atoms with Gasteiger partial charge in [0.1, 0.15) is 5.82 Å². The lowest BCUT2D eigenvalue weighted by molar-refractivity contribution is -0.120. The Kier molecular flexibility index (Phi) is 5.19. The first-order valence-corrected chi connectivity index (χ1v) is 8.21. The molecule has 0 unspecified atom stereocenters. The fraction of sp³-hybridized carbons (Fsp3) is 0.462. The molecule has 2 heterocycles. The van der Waals surface area contributed by atoms with Crippen LogP contribution in [0.5, 0.6) is 0 Å². The Labute approximate surface area is 126 Å². The first-order chi connectivity index (χ1) is 9.56. The minimum absolute atomic E-state index is 0.000651. The zero-order valence-electron chi connectivity index (χ0n) is 11.7. The highest BCUT2D eigenvalue weighted by molar-refractivity contribution is 8.00. The Morgan fingerprint density at radius 1 is 1.50 bits per heavy atom. The maximum absolute atomic E-state index is 12.0. The highest BCUT2D eigenvalue weighted by Crippen LogP contribution is 2.21. The number of carbonyl (C=O) groups excluding carboxylic acids is 1. The average Bonchev–Trinajstić information content (AvgIpc) is 3.06. The van der Waals surface area contributed by atoms with E-state index in [0.29, 0.717) is 17.6 Å². The van der Waals surface area contributed by atoms with Gasteiger partial charge < -0.3 is 5.32 Å². The van der Waals surface area contributed by atoms with Crippen molar-refractivity contribution in [3.63, 3.8) is 0 Å². The third kappa shape index (κ3) is 4.08. The van der Waals surface area contributed by atoms with Gasteiger partial charge in [-0.25, -0.2) is 4.98 Å². The smallest absolute Gasteiger partial charge is 0.233 e. The van der Waals surface area contributed by atoms with Crippen LogP contribution in [0.25, 0.3) is 0 Å². The third-order valence-electron chi connectivity index (χ3n) is 2.70. The number of aromatic amines is 1. The minimum Gasteiger partial charge on any atom is -0.350 e. The van der Waals surface area contributed by atoms with Crippen LogP contribution in [0, 0.1) is 0 Å². The number of aromatic nitrogens is 3. The molecule has 20 heavy (non-hydrogen) atoms. The molecule has 0 saturated heterocycles. The first kappa shape index (κ1) is 15.1. The monoisotopic (exact) mass is 310 g/mol. The topological polar surface area (TPSA) is 70.7 Å². The molecule has 0 bridgehead atoms. The van der Waals surface area contributed by atoms with E-state index in [4.69, 9.17) is 0 Å². The minimum atomic E-state index is -0.217. The summed E-state index contributed by atoms with van der Waals surface area (Å²) in [5.41, 5.74) is 0. The molecule has 1 atom stereocenters. The molecule has 0 aliphatic heterocycles.